The highest BCUT2D eigenvalue weighted by atomic mass is 16.5. The molecule has 1 N–H and O–H groups in total. The van der Waals surface area contributed by atoms with Crippen LogP contribution in [0.5, 0.6) is 0 Å². The Morgan fingerprint density at radius 2 is 2.21 bits per heavy atom. The number of methoxy groups -OCH3 is 1. The molecule has 0 amide bonds. The number of anilines is 2. The van der Waals surface area contributed by atoms with Crippen LogP contribution in [0.4, 0.5) is 11.6 Å². The number of nitrogens with one attached hydrogen (secondary N) is 1. The van der Waals surface area contributed by atoms with Crippen LogP contribution in [0.15, 0.2) is 6.07 Å². The second-order valence-corrected chi connectivity index (χ2v) is 5.23. The SMILES string of the molecule is CNc1cc(N2CCCC(C)CC2)nc(COC)n1. The van der Waals surface area contributed by atoms with Crippen LogP contribution >= 0.6 is 0 Å². The van der Waals surface area contributed by atoms with Crippen LogP contribution in [0, 0.1) is 5.92 Å². The maximum Gasteiger partial charge on any atom is 0.158 e. The lowest BCUT2D eigenvalue weighted by molar-refractivity contribution is 0.178. The summed E-state index contributed by atoms with van der Waals surface area (Å²) in [6.45, 7) is 4.94. The molecule has 19 heavy (non-hydrogen) atoms. The molecule has 106 valence electrons. The molecule has 1 atom stereocenters. The Kier molecular flexibility index (Phi) is 4.96. The summed E-state index contributed by atoms with van der Waals surface area (Å²) in [6.07, 6.45) is 3.78. The maximum atomic E-state index is 5.14. The van der Waals surface area contributed by atoms with E-state index in [4.69, 9.17) is 4.74 Å². The fourth-order valence-electron chi connectivity index (χ4n) is 2.46. The molecule has 5 nitrogen and oxygen atoms in total. The molecule has 5 heteroatoms. The quantitative estimate of drug-likeness (QED) is 0.904. The standard InChI is InChI=1S/C14H24N4O/c1-11-5-4-7-18(8-6-11)14-9-12(15-2)16-13(17-14)10-19-3/h9,11H,4-8,10H2,1-3H3,(H,15,16,17). The van der Waals surface area contributed by atoms with Crippen LogP contribution < -0.4 is 10.2 Å². The highest BCUT2D eigenvalue weighted by molar-refractivity contribution is 5.49. The molecule has 0 aliphatic carbocycles. The van der Waals surface area contributed by atoms with Crippen molar-refractivity contribution >= 4 is 11.6 Å². The van der Waals surface area contributed by atoms with Gasteiger partial charge in [-0.05, 0) is 25.2 Å². The van der Waals surface area contributed by atoms with E-state index in [0.717, 1.165) is 36.5 Å². The van der Waals surface area contributed by atoms with Crippen molar-refractivity contribution in [3.05, 3.63) is 11.9 Å². The minimum atomic E-state index is 0.451. The van der Waals surface area contributed by atoms with Gasteiger partial charge in [-0.2, -0.15) is 0 Å². The van der Waals surface area contributed by atoms with E-state index >= 15 is 0 Å². The third-order valence-electron chi connectivity index (χ3n) is 3.63. The molecule has 2 heterocycles. The Morgan fingerprint density at radius 1 is 1.37 bits per heavy atom. The molecule has 1 fully saturated rings. The van der Waals surface area contributed by atoms with Gasteiger partial charge in [-0.3, -0.25) is 0 Å². The van der Waals surface area contributed by atoms with E-state index < -0.39 is 0 Å². The van der Waals surface area contributed by atoms with Crippen LogP contribution in [0.25, 0.3) is 0 Å². The summed E-state index contributed by atoms with van der Waals surface area (Å²) >= 11 is 0. The molecule has 1 aromatic heterocycles. The fraction of sp³-hybridized carbons (Fsp3) is 0.714. The minimum Gasteiger partial charge on any atom is -0.377 e. The molecule has 1 aromatic rings. The molecule has 0 radical (unpaired) electrons. The molecule has 0 aromatic carbocycles. The lowest BCUT2D eigenvalue weighted by Crippen LogP contribution is -2.26. The Hall–Kier alpha value is -1.36. The number of aromatic nitrogens is 2. The molecule has 1 unspecified atom stereocenters. The summed E-state index contributed by atoms with van der Waals surface area (Å²) in [7, 11) is 3.55. The first-order chi connectivity index (χ1) is 9.22. The molecule has 1 saturated heterocycles. The zero-order chi connectivity index (χ0) is 13.7. The van der Waals surface area contributed by atoms with Crippen LogP contribution in [-0.2, 0) is 11.3 Å². The number of nitrogens with zero attached hydrogens (tertiary/aromatic N) is 3. The lowest BCUT2D eigenvalue weighted by atomic mass is 10.0. The normalized spacial score (nSPS) is 20.2. The van der Waals surface area contributed by atoms with Crippen molar-refractivity contribution in [2.75, 3.05) is 37.5 Å². The van der Waals surface area contributed by atoms with Crippen molar-refractivity contribution in [2.45, 2.75) is 32.8 Å². The first-order valence-electron chi connectivity index (χ1n) is 7.02. The van der Waals surface area contributed by atoms with E-state index in [1.165, 1.54) is 19.3 Å². The van der Waals surface area contributed by atoms with Gasteiger partial charge >= 0.3 is 0 Å². The van der Waals surface area contributed by atoms with Crippen LogP contribution in [0.3, 0.4) is 0 Å². The second kappa shape index (κ2) is 6.70. The van der Waals surface area contributed by atoms with Crippen molar-refractivity contribution in [3.63, 3.8) is 0 Å². The molecule has 0 spiro atoms. The van der Waals surface area contributed by atoms with Gasteiger partial charge < -0.3 is 15.0 Å². The fourth-order valence-corrected chi connectivity index (χ4v) is 2.46. The molecule has 2 rings (SSSR count). The van der Waals surface area contributed by atoms with Crippen molar-refractivity contribution < 1.29 is 4.74 Å². The lowest BCUT2D eigenvalue weighted by Gasteiger charge is -2.22. The summed E-state index contributed by atoms with van der Waals surface area (Å²) in [6, 6.07) is 2.02. The van der Waals surface area contributed by atoms with Gasteiger partial charge in [0, 0.05) is 33.3 Å². The minimum absolute atomic E-state index is 0.451. The van der Waals surface area contributed by atoms with Gasteiger partial charge in [0.25, 0.3) is 0 Å². The van der Waals surface area contributed by atoms with Gasteiger partial charge in [0.05, 0.1) is 0 Å². The van der Waals surface area contributed by atoms with Crippen LogP contribution in [0.2, 0.25) is 0 Å². The third-order valence-corrected chi connectivity index (χ3v) is 3.63. The Morgan fingerprint density at radius 3 is 2.95 bits per heavy atom. The predicted octanol–water partition coefficient (Wildman–Crippen LogP) is 2.29. The highest BCUT2D eigenvalue weighted by Gasteiger charge is 2.16. The molecule has 1 aliphatic heterocycles. The Labute approximate surface area is 115 Å². The Balaban J connectivity index is 2.19. The van der Waals surface area contributed by atoms with E-state index in [0.29, 0.717) is 6.61 Å². The van der Waals surface area contributed by atoms with Gasteiger partial charge in [-0.15, -0.1) is 0 Å². The monoisotopic (exact) mass is 264 g/mol. The Bertz CT molecular complexity index is 410. The molecule has 1 aliphatic rings. The largest absolute Gasteiger partial charge is 0.377 e. The summed E-state index contributed by atoms with van der Waals surface area (Å²) in [4.78, 5) is 11.4. The van der Waals surface area contributed by atoms with Crippen molar-refractivity contribution in [1.29, 1.82) is 0 Å². The topological polar surface area (TPSA) is 50.3 Å². The number of hydrogen-bond acceptors (Lipinski definition) is 5. The number of ether oxygens (including phenoxy) is 1. The van der Waals surface area contributed by atoms with Crippen molar-refractivity contribution in [2.24, 2.45) is 5.92 Å². The van der Waals surface area contributed by atoms with Gasteiger partial charge in [0.1, 0.15) is 18.2 Å². The number of rotatable bonds is 4. The summed E-state index contributed by atoms with van der Waals surface area (Å²) in [5.41, 5.74) is 0. The van der Waals surface area contributed by atoms with Gasteiger partial charge in [0.2, 0.25) is 0 Å². The number of hydrogen-bond donors (Lipinski definition) is 1. The van der Waals surface area contributed by atoms with E-state index in [1.54, 1.807) is 7.11 Å². The van der Waals surface area contributed by atoms with E-state index in [2.05, 4.69) is 27.1 Å². The zero-order valence-electron chi connectivity index (χ0n) is 12.1. The maximum absolute atomic E-state index is 5.14. The molecular weight excluding hydrogens is 240 g/mol. The summed E-state index contributed by atoms with van der Waals surface area (Å²) < 4.78 is 5.14. The summed E-state index contributed by atoms with van der Waals surface area (Å²) in [5, 5.41) is 3.10. The smallest absolute Gasteiger partial charge is 0.158 e. The van der Waals surface area contributed by atoms with E-state index in [-0.39, 0.29) is 0 Å². The zero-order valence-corrected chi connectivity index (χ0v) is 12.1. The van der Waals surface area contributed by atoms with Crippen LogP contribution in [0.1, 0.15) is 32.0 Å². The average Bonchev–Trinajstić information content (AvgIpc) is 2.63. The van der Waals surface area contributed by atoms with Gasteiger partial charge in [0.15, 0.2) is 5.82 Å². The van der Waals surface area contributed by atoms with Crippen LogP contribution in [-0.4, -0.2) is 37.2 Å². The van der Waals surface area contributed by atoms with Crippen molar-refractivity contribution in [3.8, 4) is 0 Å². The first-order valence-corrected chi connectivity index (χ1v) is 7.02. The van der Waals surface area contributed by atoms with Gasteiger partial charge in [-0.1, -0.05) is 6.92 Å². The average molecular weight is 264 g/mol. The van der Waals surface area contributed by atoms with E-state index in [1.807, 2.05) is 13.1 Å². The third kappa shape index (κ3) is 3.80. The molecule has 0 bridgehead atoms. The molecular formula is C14H24N4O. The van der Waals surface area contributed by atoms with E-state index in [9.17, 15) is 0 Å². The molecule has 0 saturated carbocycles. The predicted molar refractivity (Wildman–Crippen MR) is 77.5 cm³/mol. The highest BCUT2D eigenvalue weighted by Crippen LogP contribution is 2.22. The first kappa shape index (κ1) is 14.1. The van der Waals surface area contributed by atoms with Gasteiger partial charge in [-0.25, -0.2) is 9.97 Å². The second-order valence-electron chi connectivity index (χ2n) is 5.23. The van der Waals surface area contributed by atoms with Crippen molar-refractivity contribution in [1.82, 2.24) is 9.97 Å². The summed E-state index contributed by atoms with van der Waals surface area (Å²) in [5.74, 6) is 3.42.